The van der Waals surface area contributed by atoms with E-state index in [1.54, 1.807) is 24.3 Å². The maximum atomic E-state index is 12.3. The lowest BCUT2D eigenvalue weighted by atomic mass is 9.90. The fourth-order valence-corrected chi connectivity index (χ4v) is 3.06. The van der Waals surface area contributed by atoms with Crippen LogP contribution in [0.25, 0.3) is 0 Å². The van der Waals surface area contributed by atoms with Gasteiger partial charge in [0, 0.05) is 13.1 Å². The molecule has 1 saturated heterocycles. The maximum absolute atomic E-state index is 12.3. The summed E-state index contributed by atoms with van der Waals surface area (Å²) in [5.41, 5.74) is 1.83. The number of nitrogens with zero attached hydrogens (tertiary/aromatic N) is 1. The van der Waals surface area contributed by atoms with Gasteiger partial charge in [-0.1, -0.05) is 42.5 Å². The standard InChI is InChI=1S/C19H22N2O2/c22-18-9-5-4-8-17(18)20-19(23)21-12-10-16(11-13-21)14-15-6-2-1-3-7-15/h1-9,16,22H,10-14H2,(H,20,23). The predicted molar refractivity (Wildman–Crippen MR) is 91.6 cm³/mol. The summed E-state index contributed by atoms with van der Waals surface area (Å²) in [6.07, 6.45) is 3.11. The lowest BCUT2D eigenvalue weighted by molar-refractivity contribution is 0.182. The number of rotatable bonds is 3. The van der Waals surface area contributed by atoms with Gasteiger partial charge in [0.1, 0.15) is 5.75 Å². The zero-order chi connectivity index (χ0) is 16.1. The third kappa shape index (κ3) is 4.03. The van der Waals surface area contributed by atoms with E-state index in [9.17, 15) is 9.90 Å². The van der Waals surface area contributed by atoms with E-state index in [0.717, 1.165) is 32.4 Å². The van der Waals surface area contributed by atoms with E-state index in [4.69, 9.17) is 0 Å². The van der Waals surface area contributed by atoms with E-state index in [2.05, 4.69) is 29.6 Å². The fourth-order valence-electron chi connectivity index (χ4n) is 3.06. The van der Waals surface area contributed by atoms with Gasteiger partial charge in [-0.3, -0.25) is 0 Å². The number of carbonyl (C=O) groups is 1. The SMILES string of the molecule is O=C(Nc1ccccc1O)N1CCC(Cc2ccccc2)CC1. The minimum absolute atomic E-state index is 0.0970. The van der Waals surface area contributed by atoms with Crippen molar-refractivity contribution in [2.45, 2.75) is 19.3 Å². The maximum Gasteiger partial charge on any atom is 0.321 e. The summed E-state index contributed by atoms with van der Waals surface area (Å²) in [6.45, 7) is 1.52. The Labute approximate surface area is 136 Å². The topological polar surface area (TPSA) is 52.6 Å². The van der Waals surface area contributed by atoms with Crippen LogP contribution >= 0.6 is 0 Å². The molecule has 1 fully saturated rings. The highest BCUT2D eigenvalue weighted by Gasteiger charge is 2.23. The lowest BCUT2D eigenvalue weighted by Crippen LogP contribution is -2.41. The highest BCUT2D eigenvalue weighted by atomic mass is 16.3. The fraction of sp³-hybridized carbons (Fsp3) is 0.316. The Hall–Kier alpha value is -2.49. The second-order valence-corrected chi connectivity index (χ2v) is 6.07. The molecule has 1 aliphatic heterocycles. The third-order valence-corrected chi connectivity index (χ3v) is 4.41. The average molecular weight is 310 g/mol. The number of hydrogen-bond acceptors (Lipinski definition) is 2. The van der Waals surface area contributed by atoms with Crippen molar-refractivity contribution >= 4 is 11.7 Å². The first-order valence-electron chi connectivity index (χ1n) is 8.10. The Bertz CT molecular complexity index is 649. The molecule has 120 valence electrons. The number of para-hydroxylation sites is 2. The Morgan fingerprint density at radius 1 is 1.04 bits per heavy atom. The highest BCUT2D eigenvalue weighted by molar-refractivity contribution is 5.90. The van der Waals surface area contributed by atoms with Crippen LogP contribution in [0, 0.1) is 5.92 Å². The summed E-state index contributed by atoms with van der Waals surface area (Å²) >= 11 is 0. The van der Waals surface area contributed by atoms with E-state index in [1.165, 1.54) is 5.56 Å². The second kappa shape index (κ2) is 7.18. The van der Waals surface area contributed by atoms with Gasteiger partial charge in [0.2, 0.25) is 0 Å². The van der Waals surface area contributed by atoms with Crippen molar-refractivity contribution in [3.05, 3.63) is 60.2 Å². The van der Waals surface area contributed by atoms with Gasteiger partial charge < -0.3 is 15.3 Å². The predicted octanol–water partition coefficient (Wildman–Crippen LogP) is 3.88. The number of urea groups is 1. The summed E-state index contributed by atoms with van der Waals surface area (Å²) in [6, 6.07) is 17.2. The normalized spacial score (nSPS) is 15.4. The first-order chi connectivity index (χ1) is 11.2. The molecular formula is C19H22N2O2. The largest absolute Gasteiger partial charge is 0.506 e. The first-order valence-corrected chi connectivity index (χ1v) is 8.10. The molecule has 0 saturated carbocycles. The molecule has 1 aliphatic rings. The number of aromatic hydroxyl groups is 1. The van der Waals surface area contributed by atoms with Gasteiger partial charge in [-0.05, 0) is 42.9 Å². The van der Waals surface area contributed by atoms with Crippen LogP contribution in [0.1, 0.15) is 18.4 Å². The quantitative estimate of drug-likeness (QED) is 0.845. The van der Waals surface area contributed by atoms with Crippen LogP contribution in [-0.2, 0) is 6.42 Å². The van der Waals surface area contributed by atoms with Crippen LogP contribution in [0.4, 0.5) is 10.5 Å². The van der Waals surface area contributed by atoms with Crippen LogP contribution in [0.15, 0.2) is 54.6 Å². The summed E-state index contributed by atoms with van der Waals surface area (Å²) in [5.74, 6) is 0.728. The van der Waals surface area contributed by atoms with Crippen LogP contribution in [0.5, 0.6) is 5.75 Å². The van der Waals surface area contributed by atoms with Gasteiger partial charge in [0.05, 0.1) is 5.69 Å². The molecule has 4 heteroatoms. The molecule has 0 aliphatic carbocycles. The van der Waals surface area contributed by atoms with Gasteiger partial charge >= 0.3 is 6.03 Å². The summed E-state index contributed by atoms with van der Waals surface area (Å²) in [7, 11) is 0. The third-order valence-electron chi connectivity index (χ3n) is 4.41. The molecule has 0 atom stereocenters. The van der Waals surface area contributed by atoms with Crippen LogP contribution in [0.2, 0.25) is 0 Å². The number of carbonyl (C=O) groups excluding carboxylic acids is 1. The van der Waals surface area contributed by atoms with Crippen molar-refractivity contribution in [3.63, 3.8) is 0 Å². The number of amides is 2. The molecule has 23 heavy (non-hydrogen) atoms. The number of hydrogen-bond donors (Lipinski definition) is 2. The Balaban J connectivity index is 1.50. The molecule has 0 spiro atoms. The number of nitrogens with one attached hydrogen (secondary N) is 1. The summed E-state index contributed by atoms with van der Waals surface area (Å²) in [5, 5.41) is 12.5. The van der Waals surface area contributed by atoms with E-state index in [-0.39, 0.29) is 11.8 Å². The number of phenols is 1. The molecule has 2 aromatic carbocycles. The highest BCUT2D eigenvalue weighted by Crippen LogP contribution is 2.24. The minimum Gasteiger partial charge on any atom is -0.506 e. The molecule has 0 radical (unpaired) electrons. The smallest absolute Gasteiger partial charge is 0.321 e. The number of piperidine rings is 1. The molecule has 3 rings (SSSR count). The monoisotopic (exact) mass is 310 g/mol. The van der Waals surface area contributed by atoms with E-state index in [0.29, 0.717) is 11.6 Å². The second-order valence-electron chi connectivity index (χ2n) is 6.07. The van der Waals surface area contributed by atoms with Gasteiger partial charge in [0.15, 0.2) is 0 Å². The average Bonchev–Trinajstić information content (AvgIpc) is 2.58. The van der Waals surface area contributed by atoms with Crippen molar-refractivity contribution in [2.24, 2.45) is 5.92 Å². The Kier molecular flexibility index (Phi) is 4.81. The first kappa shape index (κ1) is 15.4. The van der Waals surface area contributed by atoms with Crippen molar-refractivity contribution in [1.82, 2.24) is 4.90 Å². The molecule has 0 unspecified atom stereocenters. The van der Waals surface area contributed by atoms with E-state index >= 15 is 0 Å². The van der Waals surface area contributed by atoms with Crippen molar-refractivity contribution in [2.75, 3.05) is 18.4 Å². The zero-order valence-electron chi connectivity index (χ0n) is 13.1. The number of phenolic OH excluding ortho intramolecular Hbond substituents is 1. The molecule has 1 heterocycles. The van der Waals surface area contributed by atoms with Gasteiger partial charge in [0.25, 0.3) is 0 Å². The number of anilines is 1. The lowest BCUT2D eigenvalue weighted by Gasteiger charge is -2.32. The molecule has 0 bridgehead atoms. The molecule has 2 amide bonds. The molecule has 2 aromatic rings. The zero-order valence-corrected chi connectivity index (χ0v) is 13.1. The van der Waals surface area contributed by atoms with Crippen LogP contribution in [-0.4, -0.2) is 29.1 Å². The summed E-state index contributed by atoms with van der Waals surface area (Å²) < 4.78 is 0. The van der Waals surface area contributed by atoms with Crippen molar-refractivity contribution < 1.29 is 9.90 Å². The van der Waals surface area contributed by atoms with Gasteiger partial charge in [-0.25, -0.2) is 4.79 Å². The van der Waals surface area contributed by atoms with Gasteiger partial charge in [-0.2, -0.15) is 0 Å². The molecule has 4 nitrogen and oxygen atoms in total. The molecule has 2 N–H and O–H groups in total. The Morgan fingerprint density at radius 3 is 2.39 bits per heavy atom. The minimum atomic E-state index is -0.135. The van der Waals surface area contributed by atoms with Crippen molar-refractivity contribution in [3.8, 4) is 5.75 Å². The van der Waals surface area contributed by atoms with Gasteiger partial charge in [-0.15, -0.1) is 0 Å². The number of benzene rings is 2. The molecule has 0 aromatic heterocycles. The van der Waals surface area contributed by atoms with Crippen LogP contribution < -0.4 is 5.32 Å². The van der Waals surface area contributed by atoms with Crippen LogP contribution in [0.3, 0.4) is 0 Å². The summed E-state index contributed by atoms with van der Waals surface area (Å²) in [4.78, 5) is 14.1. The Morgan fingerprint density at radius 2 is 1.70 bits per heavy atom. The van der Waals surface area contributed by atoms with E-state index < -0.39 is 0 Å². The number of likely N-dealkylation sites (tertiary alicyclic amines) is 1. The van der Waals surface area contributed by atoms with Crippen molar-refractivity contribution in [1.29, 1.82) is 0 Å². The molecular weight excluding hydrogens is 288 g/mol. The van der Waals surface area contributed by atoms with E-state index in [1.807, 2.05) is 11.0 Å².